The minimum absolute atomic E-state index is 0.352. The van der Waals surface area contributed by atoms with Crippen LogP contribution in [0.1, 0.15) is 17.2 Å². The molecule has 1 aliphatic rings. The molecule has 1 atom stereocenters. The Morgan fingerprint density at radius 1 is 0.900 bits per heavy atom. The first-order valence-corrected chi connectivity index (χ1v) is 6.37. The quantitative estimate of drug-likeness (QED) is 0.634. The molecule has 1 aliphatic heterocycles. The number of benzene rings is 2. The zero-order chi connectivity index (χ0) is 13.9. The van der Waals surface area contributed by atoms with E-state index in [0.29, 0.717) is 6.54 Å². The zero-order valence-corrected chi connectivity index (χ0v) is 10.7. The van der Waals surface area contributed by atoms with Crippen molar-refractivity contribution in [2.24, 2.45) is 0 Å². The highest BCUT2D eigenvalue weighted by molar-refractivity contribution is 5.96. The fourth-order valence-corrected chi connectivity index (χ4v) is 2.32. The van der Waals surface area contributed by atoms with Crippen LogP contribution in [0.5, 0.6) is 0 Å². The largest absolute Gasteiger partial charge is 0.418 e. The second kappa shape index (κ2) is 5.17. The molecule has 1 fully saturated rings. The van der Waals surface area contributed by atoms with Crippen LogP contribution in [0.4, 0.5) is 4.79 Å². The highest BCUT2D eigenvalue weighted by Gasteiger charge is 2.41. The van der Waals surface area contributed by atoms with E-state index in [1.165, 1.54) is 4.90 Å². The summed E-state index contributed by atoms with van der Waals surface area (Å²) in [6, 6.07) is 18.1. The van der Waals surface area contributed by atoms with Crippen molar-refractivity contribution in [3.05, 3.63) is 71.8 Å². The first-order valence-electron chi connectivity index (χ1n) is 6.37. The summed E-state index contributed by atoms with van der Waals surface area (Å²) in [6.45, 7) is 0.352. The second-order valence-corrected chi connectivity index (χ2v) is 4.61. The lowest BCUT2D eigenvalue weighted by atomic mass is 10.1. The van der Waals surface area contributed by atoms with Gasteiger partial charge in [-0.15, -0.1) is 0 Å². The maximum absolute atomic E-state index is 11.9. The number of carbonyl (C=O) groups is 2. The Balaban J connectivity index is 1.91. The van der Waals surface area contributed by atoms with Crippen molar-refractivity contribution >= 4 is 12.1 Å². The molecule has 0 aliphatic carbocycles. The van der Waals surface area contributed by atoms with Gasteiger partial charge in [-0.05, 0) is 11.1 Å². The fourth-order valence-electron chi connectivity index (χ4n) is 2.32. The number of amides is 1. The highest BCUT2D eigenvalue weighted by atomic mass is 16.6. The standard InChI is InChI=1S/C16H13NO3/c18-15-14(13-9-5-2-6-10-13)17(16(19)20-15)11-12-7-3-1-4-8-12/h1-10,14H,11H2. The van der Waals surface area contributed by atoms with Crippen LogP contribution in [-0.2, 0) is 16.1 Å². The Kier molecular flexibility index (Phi) is 3.21. The van der Waals surface area contributed by atoms with Crippen LogP contribution >= 0.6 is 0 Å². The molecule has 2 aromatic carbocycles. The number of ether oxygens (including phenoxy) is 1. The van der Waals surface area contributed by atoms with Crippen LogP contribution in [0.2, 0.25) is 0 Å². The average Bonchev–Trinajstić information content (AvgIpc) is 2.75. The molecule has 20 heavy (non-hydrogen) atoms. The van der Waals surface area contributed by atoms with Crippen molar-refractivity contribution in [2.75, 3.05) is 0 Å². The Hall–Kier alpha value is -2.62. The molecule has 2 aromatic rings. The molecule has 1 saturated heterocycles. The van der Waals surface area contributed by atoms with Crippen molar-refractivity contribution in [1.29, 1.82) is 0 Å². The molecule has 0 bridgehead atoms. The Bertz CT molecular complexity index is 625. The van der Waals surface area contributed by atoms with Crippen molar-refractivity contribution in [2.45, 2.75) is 12.6 Å². The molecule has 100 valence electrons. The first kappa shape index (κ1) is 12.4. The Morgan fingerprint density at radius 3 is 2.15 bits per heavy atom. The van der Waals surface area contributed by atoms with Crippen LogP contribution in [0.25, 0.3) is 0 Å². The lowest BCUT2D eigenvalue weighted by Gasteiger charge is -2.20. The normalized spacial score (nSPS) is 18.2. The fraction of sp³-hybridized carbons (Fsp3) is 0.125. The van der Waals surface area contributed by atoms with E-state index in [-0.39, 0.29) is 0 Å². The van der Waals surface area contributed by atoms with Gasteiger partial charge in [-0.3, -0.25) is 4.90 Å². The molecule has 4 heteroatoms. The third-order valence-electron chi connectivity index (χ3n) is 3.27. The number of hydrogen-bond acceptors (Lipinski definition) is 3. The monoisotopic (exact) mass is 267 g/mol. The van der Waals surface area contributed by atoms with Crippen molar-refractivity contribution < 1.29 is 14.3 Å². The maximum Gasteiger partial charge on any atom is 0.418 e. The molecule has 0 radical (unpaired) electrons. The smallest absolute Gasteiger partial charge is 0.374 e. The molecule has 1 heterocycles. The summed E-state index contributed by atoms with van der Waals surface area (Å²) >= 11 is 0. The predicted octanol–water partition coefficient (Wildman–Crippen LogP) is 2.91. The van der Waals surface area contributed by atoms with Gasteiger partial charge in [0.1, 0.15) is 0 Å². The first-order chi connectivity index (χ1) is 9.75. The minimum Gasteiger partial charge on any atom is -0.374 e. The van der Waals surface area contributed by atoms with E-state index in [2.05, 4.69) is 0 Å². The molecule has 0 N–H and O–H groups in total. The molecule has 4 nitrogen and oxygen atoms in total. The van der Waals surface area contributed by atoms with Gasteiger partial charge in [-0.25, -0.2) is 9.59 Å². The molecule has 3 rings (SSSR count). The highest BCUT2D eigenvalue weighted by Crippen LogP contribution is 2.30. The van der Waals surface area contributed by atoms with Crippen molar-refractivity contribution in [1.82, 2.24) is 4.90 Å². The van der Waals surface area contributed by atoms with Gasteiger partial charge in [-0.2, -0.15) is 0 Å². The van der Waals surface area contributed by atoms with Crippen molar-refractivity contribution in [3.8, 4) is 0 Å². The molecule has 0 aromatic heterocycles. The van der Waals surface area contributed by atoms with Gasteiger partial charge < -0.3 is 4.74 Å². The van der Waals surface area contributed by atoms with Crippen LogP contribution < -0.4 is 0 Å². The Morgan fingerprint density at radius 2 is 1.50 bits per heavy atom. The molecule has 1 amide bonds. The predicted molar refractivity (Wildman–Crippen MR) is 72.7 cm³/mol. The summed E-state index contributed by atoms with van der Waals surface area (Å²) in [7, 11) is 0. The molecule has 0 spiro atoms. The number of esters is 1. The number of carbonyl (C=O) groups excluding carboxylic acids is 2. The van der Waals surface area contributed by atoms with E-state index < -0.39 is 18.1 Å². The molecular formula is C16H13NO3. The Labute approximate surface area is 116 Å². The molecule has 0 saturated carbocycles. The number of cyclic esters (lactones) is 2. The van der Waals surface area contributed by atoms with Gasteiger partial charge in [0.25, 0.3) is 0 Å². The van der Waals surface area contributed by atoms with E-state index in [4.69, 9.17) is 4.74 Å². The summed E-state index contributed by atoms with van der Waals surface area (Å²) in [5.41, 5.74) is 1.72. The van der Waals surface area contributed by atoms with Crippen LogP contribution in [0.3, 0.4) is 0 Å². The lowest BCUT2D eigenvalue weighted by Crippen LogP contribution is -2.27. The third kappa shape index (κ3) is 2.28. The number of nitrogens with zero attached hydrogens (tertiary/aromatic N) is 1. The van der Waals surface area contributed by atoms with E-state index >= 15 is 0 Å². The van der Waals surface area contributed by atoms with Gasteiger partial charge in [0.15, 0.2) is 6.04 Å². The van der Waals surface area contributed by atoms with Gasteiger partial charge in [-0.1, -0.05) is 60.7 Å². The molecular weight excluding hydrogens is 254 g/mol. The van der Waals surface area contributed by atoms with Gasteiger partial charge >= 0.3 is 12.1 Å². The number of rotatable bonds is 3. The van der Waals surface area contributed by atoms with E-state index in [9.17, 15) is 9.59 Å². The van der Waals surface area contributed by atoms with E-state index in [1.54, 1.807) is 0 Å². The summed E-state index contributed by atoms with van der Waals surface area (Å²) in [4.78, 5) is 25.2. The third-order valence-corrected chi connectivity index (χ3v) is 3.27. The van der Waals surface area contributed by atoms with E-state index in [1.807, 2.05) is 60.7 Å². The SMILES string of the molecule is O=C1OC(=O)N(Cc2ccccc2)C1c1ccccc1. The summed E-state index contributed by atoms with van der Waals surface area (Å²) in [5.74, 6) is -0.517. The number of hydrogen-bond donors (Lipinski definition) is 0. The van der Waals surface area contributed by atoms with Crippen LogP contribution in [0.15, 0.2) is 60.7 Å². The molecule has 1 unspecified atom stereocenters. The van der Waals surface area contributed by atoms with Crippen molar-refractivity contribution in [3.63, 3.8) is 0 Å². The van der Waals surface area contributed by atoms with E-state index in [0.717, 1.165) is 11.1 Å². The summed E-state index contributed by atoms with van der Waals surface area (Å²) in [5, 5.41) is 0. The van der Waals surface area contributed by atoms with Crippen LogP contribution in [0, 0.1) is 0 Å². The minimum atomic E-state index is -0.663. The van der Waals surface area contributed by atoms with Crippen LogP contribution in [-0.4, -0.2) is 17.0 Å². The summed E-state index contributed by atoms with van der Waals surface area (Å²) < 4.78 is 4.76. The lowest BCUT2D eigenvalue weighted by molar-refractivity contribution is -0.136. The average molecular weight is 267 g/mol. The topological polar surface area (TPSA) is 46.6 Å². The zero-order valence-electron chi connectivity index (χ0n) is 10.7. The van der Waals surface area contributed by atoms with Gasteiger partial charge in [0.2, 0.25) is 0 Å². The second-order valence-electron chi connectivity index (χ2n) is 4.61. The maximum atomic E-state index is 11.9. The van der Waals surface area contributed by atoms with Gasteiger partial charge in [0.05, 0.1) is 6.54 Å². The van der Waals surface area contributed by atoms with Gasteiger partial charge in [0, 0.05) is 0 Å². The summed E-state index contributed by atoms with van der Waals surface area (Å²) in [6.07, 6.45) is -0.590.